The Morgan fingerprint density at radius 1 is 1.25 bits per heavy atom. The number of para-hydroxylation sites is 1. The number of nitrogens with one attached hydrogen (secondary N) is 2. The van der Waals surface area contributed by atoms with Crippen LogP contribution in [0.5, 0.6) is 0 Å². The molecule has 2 heterocycles. The third kappa shape index (κ3) is 3.05. The molecule has 1 fully saturated rings. The fraction of sp³-hybridized carbons (Fsp3) is 0.467. The molecule has 5 heteroatoms. The molecule has 3 rings (SSSR count). The summed E-state index contributed by atoms with van der Waals surface area (Å²) in [7, 11) is 0. The molecule has 0 bridgehead atoms. The van der Waals surface area contributed by atoms with Crippen molar-refractivity contribution in [1.29, 1.82) is 0 Å². The van der Waals surface area contributed by atoms with Crippen LogP contribution < -0.4 is 10.6 Å². The van der Waals surface area contributed by atoms with Gasteiger partial charge in [-0.1, -0.05) is 12.1 Å². The molecule has 1 aliphatic heterocycles. The summed E-state index contributed by atoms with van der Waals surface area (Å²) in [5, 5.41) is 7.98. The molecule has 1 aromatic heterocycles. The van der Waals surface area contributed by atoms with Crippen LogP contribution in [0.25, 0.3) is 10.9 Å². The van der Waals surface area contributed by atoms with Crippen molar-refractivity contribution in [3.8, 4) is 0 Å². The second kappa shape index (κ2) is 6.15. The van der Waals surface area contributed by atoms with Crippen molar-refractivity contribution >= 4 is 16.7 Å². The molecular formula is C15H21N5. The summed E-state index contributed by atoms with van der Waals surface area (Å²) in [6.07, 6.45) is 1.63. The SMILES string of the molecule is C[C@@H](CN1CCNCC1)Nc1ncnc2ccccc12. The summed E-state index contributed by atoms with van der Waals surface area (Å²) < 4.78 is 0. The molecule has 0 radical (unpaired) electrons. The Bertz CT molecular complexity index is 560. The average molecular weight is 271 g/mol. The third-order valence-electron chi connectivity index (χ3n) is 3.67. The standard InChI is InChI=1S/C15H21N5/c1-12(10-20-8-6-16-7-9-20)19-15-13-4-2-3-5-14(13)17-11-18-15/h2-5,11-12,16H,6-10H2,1H3,(H,17,18,19)/t12-/m0/s1. The summed E-state index contributed by atoms with van der Waals surface area (Å²) in [6, 6.07) is 8.48. The third-order valence-corrected chi connectivity index (χ3v) is 3.67. The summed E-state index contributed by atoms with van der Waals surface area (Å²) in [5.74, 6) is 0.929. The van der Waals surface area contributed by atoms with E-state index in [0.29, 0.717) is 6.04 Å². The predicted octanol–water partition coefficient (Wildman–Crippen LogP) is 1.34. The second-order valence-corrected chi connectivity index (χ2v) is 5.34. The number of aromatic nitrogens is 2. The number of benzene rings is 1. The van der Waals surface area contributed by atoms with E-state index >= 15 is 0 Å². The lowest BCUT2D eigenvalue weighted by molar-refractivity contribution is 0.235. The Morgan fingerprint density at radius 3 is 2.90 bits per heavy atom. The Morgan fingerprint density at radius 2 is 2.05 bits per heavy atom. The highest BCUT2D eigenvalue weighted by Gasteiger charge is 2.14. The van der Waals surface area contributed by atoms with E-state index in [1.807, 2.05) is 18.2 Å². The minimum atomic E-state index is 0.367. The van der Waals surface area contributed by atoms with Gasteiger partial charge in [0.1, 0.15) is 12.1 Å². The van der Waals surface area contributed by atoms with Gasteiger partial charge in [0.05, 0.1) is 5.52 Å². The molecule has 5 nitrogen and oxygen atoms in total. The van der Waals surface area contributed by atoms with Crippen LogP contribution in [0, 0.1) is 0 Å². The summed E-state index contributed by atoms with van der Waals surface area (Å²) in [4.78, 5) is 11.2. The Hall–Kier alpha value is -1.72. The molecule has 0 spiro atoms. The minimum Gasteiger partial charge on any atom is -0.366 e. The summed E-state index contributed by atoms with van der Waals surface area (Å²) >= 11 is 0. The fourth-order valence-electron chi connectivity index (χ4n) is 2.68. The van der Waals surface area contributed by atoms with E-state index < -0.39 is 0 Å². The molecule has 20 heavy (non-hydrogen) atoms. The van der Waals surface area contributed by atoms with Gasteiger partial charge in [-0.05, 0) is 19.1 Å². The fourth-order valence-corrected chi connectivity index (χ4v) is 2.68. The number of rotatable bonds is 4. The minimum absolute atomic E-state index is 0.367. The van der Waals surface area contributed by atoms with Crippen LogP contribution in [0.3, 0.4) is 0 Å². The molecule has 0 amide bonds. The molecule has 0 aliphatic carbocycles. The number of nitrogens with zero attached hydrogens (tertiary/aromatic N) is 3. The lowest BCUT2D eigenvalue weighted by Gasteiger charge is -2.30. The average Bonchev–Trinajstić information content (AvgIpc) is 2.48. The van der Waals surface area contributed by atoms with Crippen molar-refractivity contribution < 1.29 is 0 Å². The predicted molar refractivity (Wildman–Crippen MR) is 81.9 cm³/mol. The van der Waals surface area contributed by atoms with Gasteiger partial charge < -0.3 is 10.6 Å². The van der Waals surface area contributed by atoms with Crippen LogP contribution in [0.2, 0.25) is 0 Å². The highest BCUT2D eigenvalue weighted by molar-refractivity contribution is 5.88. The number of piperazine rings is 1. The topological polar surface area (TPSA) is 53.1 Å². The van der Waals surface area contributed by atoms with Crippen LogP contribution in [-0.2, 0) is 0 Å². The van der Waals surface area contributed by atoms with Gasteiger partial charge in [-0.15, -0.1) is 0 Å². The van der Waals surface area contributed by atoms with Gasteiger partial charge in [-0.3, -0.25) is 4.90 Å². The van der Waals surface area contributed by atoms with Crippen molar-refractivity contribution in [3.05, 3.63) is 30.6 Å². The first-order valence-electron chi connectivity index (χ1n) is 7.22. The summed E-state index contributed by atoms with van der Waals surface area (Å²) in [6.45, 7) is 7.67. The van der Waals surface area contributed by atoms with E-state index in [0.717, 1.165) is 49.4 Å². The molecule has 1 aromatic carbocycles. The van der Waals surface area contributed by atoms with Gasteiger partial charge in [-0.25, -0.2) is 9.97 Å². The number of anilines is 1. The van der Waals surface area contributed by atoms with Gasteiger partial charge in [0.15, 0.2) is 0 Å². The molecular weight excluding hydrogens is 250 g/mol. The molecule has 0 unspecified atom stereocenters. The largest absolute Gasteiger partial charge is 0.366 e. The van der Waals surface area contributed by atoms with Crippen molar-refractivity contribution in [2.24, 2.45) is 0 Å². The van der Waals surface area contributed by atoms with Crippen LogP contribution in [0.4, 0.5) is 5.82 Å². The lowest BCUT2D eigenvalue weighted by Crippen LogP contribution is -2.47. The van der Waals surface area contributed by atoms with Crippen molar-refractivity contribution in [2.75, 3.05) is 38.0 Å². The van der Waals surface area contributed by atoms with Gasteiger partial charge in [-0.2, -0.15) is 0 Å². The second-order valence-electron chi connectivity index (χ2n) is 5.34. The van der Waals surface area contributed by atoms with Crippen LogP contribution >= 0.6 is 0 Å². The summed E-state index contributed by atoms with van der Waals surface area (Å²) in [5.41, 5.74) is 0.986. The molecule has 1 saturated heterocycles. The van der Waals surface area contributed by atoms with E-state index in [1.54, 1.807) is 6.33 Å². The molecule has 106 valence electrons. The molecule has 2 aromatic rings. The maximum atomic E-state index is 4.39. The van der Waals surface area contributed by atoms with Gasteiger partial charge in [0.25, 0.3) is 0 Å². The molecule has 0 saturated carbocycles. The number of fused-ring (bicyclic) bond motifs is 1. The van der Waals surface area contributed by atoms with E-state index in [9.17, 15) is 0 Å². The van der Waals surface area contributed by atoms with Gasteiger partial charge in [0, 0.05) is 44.2 Å². The molecule has 1 aliphatic rings. The Kier molecular flexibility index (Phi) is 4.08. The normalized spacial score (nSPS) is 18.1. The first-order chi connectivity index (χ1) is 9.83. The molecule has 1 atom stereocenters. The number of hydrogen-bond acceptors (Lipinski definition) is 5. The Balaban J connectivity index is 1.69. The first-order valence-corrected chi connectivity index (χ1v) is 7.22. The zero-order valence-corrected chi connectivity index (χ0v) is 11.8. The van der Waals surface area contributed by atoms with Crippen LogP contribution in [0.1, 0.15) is 6.92 Å². The van der Waals surface area contributed by atoms with Gasteiger partial charge >= 0.3 is 0 Å². The highest BCUT2D eigenvalue weighted by Crippen LogP contribution is 2.19. The maximum absolute atomic E-state index is 4.39. The smallest absolute Gasteiger partial charge is 0.137 e. The van der Waals surface area contributed by atoms with E-state index in [-0.39, 0.29) is 0 Å². The van der Waals surface area contributed by atoms with Crippen LogP contribution in [-0.4, -0.2) is 53.6 Å². The zero-order chi connectivity index (χ0) is 13.8. The van der Waals surface area contributed by atoms with E-state index in [2.05, 4.69) is 38.5 Å². The highest BCUT2D eigenvalue weighted by atomic mass is 15.2. The van der Waals surface area contributed by atoms with Crippen molar-refractivity contribution in [2.45, 2.75) is 13.0 Å². The van der Waals surface area contributed by atoms with Crippen LogP contribution in [0.15, 0.2) is 30.6 Å². The zero-order valence-electron chi connectivity index (χ0n) is 11.8. The Labute approximate surface area is 119 Å². The quantitative estimate of drug-likeness (QED) is 0.879. The lowest BCUT2D eigenvalue weighted by atomic mass is 10.2. The monoisotopic (exact) mass is 271 g/mol. The number of hydrogen-bond donors (Lipinski definition) is 2. The van der Waals surface area contributed by atoms with Crippen molar-refractivity contribution in [3.63, 3.8) is 0 Å². The van der Waals surface area contributed by atoms with E-state index in [1.165, 1.54) is 0 Å². The van der Waals surface area contributed by atoms with Crippen molar-refractivity contribution in [1.82, 2.24) is 20.2 Å². The van der Waals surface area contributed by atoms with Gasteiger partial charge in [0.2, 0.25) is 0 Å². The molecule has 2 N–H and O–H groups in total. The van der Waals surface area contributed by atoms with E-state index in [4.69, 9.17) is 0 Å². The maximum Gasteiger partial charge on any atom is 0.137 e. The first kappa shape index (κ1) is 13.3.